The summed E-state index contributed by atoms with van der Waals surface area (Å²) in [5.74, 6) is 0.412. The van der Waals surface area contributed by atoms with E-state index in [-0.39, 0.29) is 17.4 Å². The van der Waals surface area contributed by atoms with Gasteiger partial charge in [-0.15, -0.1) is 0 Å². The van der Waals surface area contributed by atoms with Gasteiger partial charge in [0.15, 0.2) is 0 Å². The van der Waals surface area contributed by atoms with Crippen LogP contribution >= 0.6 is 0 Å². The standard InChI is InChI=1S/C27H35N5O/c1-27(2,3)26-22(18-29-31-26)19-32-15-12-21(13-16-32)25(23-11-7-8-14-28-23)30-24(33)17-20-9-5-4-6-10-20/h4-11,14,18,21,25H,12-13,15-17,19H2,1-3H3,(H,29,31)(H,30,33). The van der Waals surface area contributed by atoms with Gasteiger partial charge >= 0.3 is 0 Å². The zero-order valence-electron chi connectivity index (χ0n) is 19.9. The number of carbonyl (C=O) groups is 1. The number of nitrogens with one attached hydrogen (secondary N) is 2. The van der Waals surface area contributed by atoms with E-state index in [4.69, 9.17) is 0 Å². The van der Waals surface area contributed by atoms with Crippen LogP contribution in [0.15, 0.2) is 60.9 Å². The van der Waals surface area contributed by atoms with Gasteiger partial charge in [-0.25, -0.2) is 0 Å². The lowest BCUT2D eigenvalue weighted by atomic mass is 9.86. The Morgan fingerprint density at radius 3 is 2.52 bits per heavy atom. The topological polar surface area (TPSA) is 73.9 Å². The van der Waals surface area contributed by atoms with E-state index in [1.54, 1.807) is 0 Å². The Balaban J connectivity index is 1.40. The molecule has 174 valence electrons. The third kappa shape index (κ3) is 6.08. The molecule has 0 saturated carbocycles. The van der Waals surface area contributed by atoms with Crippen molar-refractivity contribution in [3.63, 3.8) is 0 Å². The molecular formula is C27H35N5O. The summed E-state index contributed by atoms with van der Waals surface area (Å²) in [6.07, 6.45) is 6.21. The monoisotopic (exact) mass is 445 g/mol. The number of aromatic nitrogens is 3. The molecule has 3 heterocycles. The molecule has 4 rings (SSSR count). The molecule has 6 nitrogen and oxygen atoms in total. The maximum absolute atomic E-state index is 12.9. The molecule has 0 aliphatic carbocycles. The highest BCUT2D eigenvalue weighted by atomic mass is 16.1. The number of hydrogen-bond donors (Lipinski definition) is 2. The molecule has 0 bridgehead atoms. The van der Waals surface area contributed by atoms with Crippen molar-refractivity contribution in [2.75, 3.05) is 13.1 Å². The number of pyridine rings is 1. The van der Waals surface area contributed by atoms with Crippen LogP contribution in [0.2, 0.25) is 0 Å². The Labute approximate surface area is 196 Å². The van der Waals surface area contributed by atoms with E-state index in [0.29, 0.717) is 12.3 Å². The number of benzene rings is 1. The summed E-state index contributed by atoms with van der Waals surface area (Å²) >= 11 is 0. The number of hydrogen-bond acceptors (Lipinski definition) is 4. The van der Waals surface area contributed by atoms with Crippen molar-refractivity contribution in [2.24, 2.45) is 5.92 Å². The van der Waals surface area contributed by atoms with E-state index in [1.807, 2.05) is 60.9 Å². The van der Waals surface area contributed by atoms with Crippen LogP contribution in [0.5, 0.6) is 0 Å². The molecule has 2 aromatic heterocycles. The lowest BCUT2D eigenvalue weighted by molar-refractivity contribution is -0.121. The van der Waals surface area contributed by atoms with Gasteiger partial charge in [-0.05, 0) is 49.5 Å². The average molecular weight is 446 g/mol. The number of rotatable bonds is 7. The highest BCUT2D eigenvalue weighted by molar-refractivity contribution is 5.79. The smallest absolute Gasteiger partial charge is 0.224 e. The van der Waals surface area contributed by atoms with Crippen molar-refractivity contribution >= 4 is 5.91 Å². The molecule has 6 heteroatoms. The lowest BCUT2D eigenvalue weighted by Crippen LogP contribution is -2.41. The fraction of sp³-hybridized carbons (Fsp3) is 0.444. The van der Waals surface area contributed by atoms with Crippen molar-refractivity contribution in [2.45, 2.75) is 58.0 Å². The second-order valence-electron chi connectivity index (χ2n) is 10.1. The molecule has 2 N–H and O–H groups in total. The van der Waals surface area contributed by atoms with Crippen molar-refractivity contribution in [1.29, 1.82) is 0 Å². The van der Waals surface area contributed by atoms with Gasteiger partial charge in [-0.3, -0.25) is 19.8 Å². The molecule has 1 aromatic carbocycles. The molecule has 0 radical (unpaired) electrons. The van der Waals surface area contributed by atoms with Crippen molar-refractivity contribution in [3.8, 4) is 0 Å². The summed E-state index contributed by atoms with van der Waals surface area (Å²) in [4.78, 5) is 20.0. The van der Waals surface area contributed by atoms with Crippen LogP contribution < -0.4 is 5.32 Å². The Morgan fingerprint density at radius 2 is 1.85 bits per heavy atom. The first-order chi connectivity index (χ1) is 15.9. The summed E-state index contributed by atoms with van der Waals surface area (Å²) in [5, 5.41) is 10.8. The number of likely N-dealkylation sites (tertiary alicyclic amines) is 1. The van der Waals surface area contributed by atoms with Gasteiger partial charge in [-0.1, -0.05) is 57.2 Å². The van der Waals surface area contributed by atoms with E-state index in [1.165, 1.54) is 11.3 Å². The normalized spacial score (nSPS) is 16.5. The summed E-state index contributed by atoms with van der Waals surface area (Å²) in [6, 6.07) is 15.8. The van der Waals surface area contributed by atoms with E-state index < -0.39 is 0 Å². The third-order valence-electron chi connectivity index (χ3n) is 6.50. The molecule has 3 aromatic rings. The SMILES string of the molecule is CC(C)(C)c1[nH]ncc1CN1CCC(C(NC(=O)Cc2ccccc2)c2ccccn2)CC1. The Hall–Kier alpha value is -2.99. The maximum Gasteiger partial charge on any atom is 0.224 e. The predicted molar refractivity (Wildman–Crippen MR) is 131 cm³/mol. The van der Waals surface area contributed by atoms with Crippen LogP contribution in [-0.4, -0.2) is 39.1 Å². The molecule has 1 fully saturated rings. The first kappa shape index (κ1) is 23.2. The summed E-state index contributed by atoms with van der Waals surface area (Å²) < 4.78 is 0. The first-order valence-corrected chi connectivity index (χ1v) is 11.9. The molecular weight excluding hydrogens is 410 g/mol. The molecule has 1 aliphatic heterocycles. The molecule has 1 amide bonds. The summed E-state index contributed by atoms with van der Waals surface area (Å²) in [6.45, 7) is 9.54. The van der Waals surface area contributed by atoms with Gasteiger partial charge in [0.2, 0.25) is 5.91 Å². The first-order valence-electron chi connectivity index (χ1n) is 11.9. The Bertz CT molecular complexity index is 1020. The van der Waals surface area contributed by atoms with E-state index in [9.17, 15) is 4.79 Å². The molecule has 1 saturated heterocycles. The minimum absolute atomic E-state index is 0.0486. The second kappa shape index (κ2) is 10.3. The highest BCUT2D eigenvalue weighted by Crippen LogP contribution is 2.31. The molecule has 1 atom stereocenters. The highest BCUT2D eigenvalue weighted by Gasteiger charge is 2.30. The third-order valence-corrected chi connectivity index (χ3v) is 6.50. The van der Waals surface area contributed by atoms with Crippen LogP contribution in [-0.2, 0) is 23.2 Å². The fourth-order valence-electron chi connectivity index (χ4n) is 4.76. The molecule has 1 unspecified atom stereocenters. The van der Waals surface area contributed by atoms with Gasteiger partial charge in [-0.2, -0.15) is 5.10 Å². The number of amides is 1. The number of aromatic amines is 1. The fourth-order valence-corrected chi connectivity index (χ4v) is 4.76. The second-order valence-corrected chi connectivity index (χ2v) is 10.1. The largest absolute Gasteiger partial charge is 0.347 e. The van der Waals surface area contributed by atoms with E-state index >= 15 is 0 Å². The van der Waals surface area contributed by atoms with Crippen LogP contribution in [0.3, 0.4) is 0 Å². The average Bonchev–Trinajstić information content (AvgIpc) is 3.28. The van der Waals surface area contributed by atoms with Gasteiger partial charge in [0, 0.05) is 29.4 Å². The predicted octanol–water partition coefficient (Wildman–Crippen LogP) is 4.41. The van der Waals surface area contributed by atoms with Crippen LogP contribution in [0, 0.1) is 5.92 Å². The van der Waals surface area contributed by atoms with Crippen LogP contribution in [0.4, 0.5) is 0 Å². The zero-order chi connectivity index (χ0) is 23.3. The number of H-pyrrole nitrogens is 1. The number of nitrogens with zero attached hydrogens (tertiary/aromatic N) is 3. The molecule has 33 heavy (non-hydrogen) atoms. The zero-order valence-corrected chi connectivity index (χ0v) is 19.9. The number of carbonyl (C=O) groups excluding carboxylic acids is 1. The minimum Gasteiger partial charge on any atom is -0.347 e. The van der Waals surface area contributed by atoms with Crippen molar-refractivity contribution in [3.05, 3.63) is 83.4 Å². The number of piperidine rings is 1. The van der Waals surface area contributed by atoms with Gasteiger partial charge < -0.3 is 5.32 Å². The summed E-state index contributed by atoms with van der Waals surface area (Å²) in [7, 11) is 0. The quantitative estimate of drug-likeness (QED) is 0.565. The van der Waals surface area contributed by atoms with E-state index in [0.717, 1.165) is 43.7 Å². The summed E-state index contributed by atoms with van der Waals surface area (Å²) in [5.41, 5.74) is 4.51. The Kier molecular flexibility index (Phi) is 7.23. The minimum atomic E-state index is -0.0661. The van der Waals surface area contributed by atoms with Crippen molar-refractivity contribution < 1.29 is 4.79 Å². The van der Waals surface area contributed by atoms with Gasteiger partial charge in [0.25, 0.3) is 0 Å². The molecule has 1 aliphatic rings. The van der Waals surface area contributed by atoms with Crippen molar-refractivity contribution in [1.82, 2.24) is 25.4 Å². The lowest BCUT2D eigenvalue weighted by Gasteiger charge is -2.36. The van der Waals surface area contributed by atoms with Crippen LogP contribution in [0.1, 0.15) is 62.2 Å². The van der Waals surface area contributed by atoms with Crippen LogP contribution in [0.25, 0.3) is 0 Å². The van der Waals surface area contributed by atoms with Gasteiger partial charge in [0.1, 0.15) is 0 Å². The van der Waals surface area contributed by atoms with E-state index in [2.05, 4.69) is 46.2 Å². The van der Waals surface area contributed by atoms with Gasteiger partial charge in [0.05, 0.1) is 24.4 Å². The molecule has 0 spiro atoms. The Morgan fingerprint density at radius 1 is 1.12 bits per heavy atom. The maximum atomic E-state index is 12.9.